The highest BCUT2D eigenvalue weighted by Gasteiger charge is 2.53. The number of carbonyl (C=O) groups is 1. The standard InChI is InChI=1S/C11H10BrFO3/c1-16-8-5-6(13)4-7(9(8)12)11(2-3-11)10(14)15/h4-5H,2-3H2,1H3,(H,14,15). The Bertz CT molecular complexity index is 455. The van der Waals surface area contributed by atoms with Crippen molar-refractivity contribution in [3.8, 4) is 5.75 Å². The van der Waals surface area contributed by atoms with Crippen LogP contribution in [0.4, 0.5) is 4.39 Å². The van der Waals surface area contributed by atoms with E-state index in [1.807, 2.05) is 0 Å². The molecule has 1 saturated carbocycles. The Morgan fingerprint density at radius 2 is 2.19 bits per heavy atom. The van der Waals surface area contributed by atoms with Crippen molar-refractivity contribution in [1.29, 1.82) is 0 Å². The number of benzene rings is 1. The average molecular weight is 289 g/mol. The molecule has 3 nitrogen and oxygen atoms in total. The van der Waals surface area contributed by atoms with Crippen LogP contribution in [0.25, 0.3) is 0 Å². The minimum absolute atomic E-state index is 0.322. The lowest BCUT2D eigenvalue weighted by Crippen LogP contribution is -2.20. The summed E-state index contributed by atoms with van der Waals surface area (Å²) in [6.45, 7) is 0. The number of halogens is 2. The SMILES string of the molecule is COc1cc(F)cc(C2(C(=O)O)CC2)c1Br. The molecule has 0 atom stereocenters. The van der Waals surface area contributed by atoms with Crippen molar-refractivity contribution in [2.45, 2.75) is 18.3 Å². The van der Waals surface area contributed by atoms with Gasteiger partial charge in [0.25, 0.3) is 0 Å². The number of carboxylic acids is 1. The van der Waals surface area contributed by atoms with Gasteiger partial charge in [-0.1, -0.05) is 0 Å². The highest BCUT2D eigenvalue weighted by atomic mass is 79.9. The van der Waals surface area contributed by atoms with Crippen LogP contribution in [-0.2, 0) is 10.2 Å². The molecule has 0 saturated heterocycles. The van der Waals surface area contributed by atoms with E-state index in [-0.39, 0.29) is 0 Å². The Morgan fingerprint density at radius 1 is 1.56 bits per heavy atom. The zero-order valence-corrected chi connectivity index (χ0v) is 10.2. The van der Waals surface area contributed by atoms with Gasteiger partial charge < -0.3 is 9.84 Å². The fourth-order valence-electron chi connectivity index (χ4n) is 1.78. The zero-order chi connectivity index (χ0) is 11.9. The van der Waals surface area contributed by atoms with E-state index in [1.54, 1.807) is 0 Å². The minimum Gasteiger partial charge on any atom is -0.495 e. The Kier molecular flexibility index (Phi) is 2.66. The van der Waals surface area contributed by atoms with Gasteiger partial charge in [0, 0.05) is 6.07 Å². The predicted octanol–water partition coefficient (Wildman–Crippen LogP) is 2.71. The molecule has 0 amide bonds. The summed E-state index contributed by atoms with van der Waals surface area (Å²) < 4.78 is 18.8. The molecule has 0 bridgehead atoms. The second kappa shape index (κ2) is 3.73. The van der Waals surface area contributed by atoms with Crippen molar-refractivity contribution >= 4 is 21.9 Å². The summed E-state index contributed by atoms with van der Waals surface area (Å²) in [6, 6.07) is 2.49. The first-order valence-corrected chi connectivity index (χ1v) is 5.57. The lowest BCUT2D eigenvalue weighted by Gasteiger charge is -2.15. The number of rotatable bonds is 3. The van der Waals surface area contributed by atoms with Gasteiger partial charge in [-0.3, -0.25) is 4.79 Å². The van der Waals surface area contributed by atoms with Crippen LogP contribution in [0, 0.1) is 5.82 Å². The van der Waals surface area contributed by atoms with Crippen molar-refractivity contribution in [2.75, 3.05) is 7.11 Å². The van der Waals surface area contributed by atoms with E-state index in [0.29, 0.717) is 28.6 Å². The van der Waals surface area contributed by atoms with Gasteiger partial charge in [0.2, 0.25) is 0 Å². The van der Waals surface area contributed by atoms with Gasteiger partial charge >= 0.3 is 5.97 Å². The number of carboxylic acid groups (broad SMARTS) is 1. The molecule has 0 radical (unpaired) electrons. The first-order chi connectivity index (χ1) is 7.51. The summed E-state index contributed by atoms with van der Waals surface area (Å²) in [5, 5.41) is 9.15. The molecular weight excluding hydrogens is 279 g/mol. The van der Waals surface area contributed by atoms with Gasteiger partial charge in [-0.25, -0.2) is 4.39 Å². The summed E-state index contributed by atoms with van der Waals surface area (Å²) in [6.07, 6.45) is 1.07. The second-order valence-electron chi connectivity index (χ2n) is 3.86. The molecule has 0 aromatic heterocycles. The fourth-order valence-corrected chi connectivity index (χ4v) is 2.55. The largest absolute Gasteiger partial charge is 0.495 e. The van der Waals surface area contributed by atoms with E-state index in [9.17, 15) is 9.18 Å². The van der Waals surface area contributed by atoms with Gasteiger partial charge in [-0.15, -0.1) is 0 Å². The summed E-state index contributed by atoms with van der Waals surface area (Å²) in [5.41, 5.74) is -0.481. The van der Waals surface area contributed by atoms with Crippen LogP contribution in [0.1, 0.15) is 18.4 Å². The molecular formula is C11H10BrFO3. The van der Waals surface area contributed by atoms with Crippen molar-refractivity contribution in [3.63, 3.8) is 0 Å². The molecule has 1 aromatic carbocycles. The molecule has 1 aliphatic carbocycles. The maximum Gasteiger partial charge on any atom is 0.314 e. The monoisotopic (exact) mass is 288 g/mol. The normalized spacial score (nSPS) is 16.9. The van der Waals surface area contributed by atoms with Crippen LogP contribution in [-0.4, -0.2) is 18.2 Å². The summed E-state index contributed by atoms with van der Waals surface area (Å²) in [7, 11) is 1.42. The van der Waals surface area contributed by atoms with Crippen molar-refractivity contribution in [3.05, 3.63) is 28.0 Å². The lowest BCUT2D eigenvalue weighted by atomic mass is 9.96. The Balaban J connectivity index is 2.57. The zero-order valence-electron chi connectivity index (χ0n) is 8.59. The van der Waals surface area contributed by atoms with E-state index in [0.717, 1.165) is 0 Å². The molecule has 5 heteroatoms. The molecule has 1 N–H and O–H groups in total. The molecule has 16 heavy (non-hydrogen) atoms. The van der Waals surface area contributed by atoms with Gasteiger partial charge in [0.05, 0.1) is 17.0 Å². The number of aliphatic carboxylic acids is 1. The molecule has 1 aliphatic rings. The maximum atomic E-state index is 13.3. The van der Waals surface area contributed by atoms with E-state index in [4.69, 9.17) is 9.84 Å². The minimum atomic E-state index is -0.936. The molecule has 1 fully saturated rings. The Morgan fingerprint density at radius 3 is 2.62 bits per heavy atom. The third kappa shape index (κ3) is 1.59. The fraction of sp³-hybridized carbons (Fsp3) is 0.364. The van der Waals surface area contributed by atoms with Crippen molar-refractivity contribution < 1.29 is 19.0 Å². The van der Waals surface area contributed by atoms with Crippen LogP contribution in [0.2, 0.25) is 0 Å². The Hall–Kier alpha value is -1.10. The van der Waals surface area contributed by atoms with E-state index in [2.05, 4.69) is 15.9 Å². The molecule has 0 unspecified atom stereocenters. The van der Waals surface area contributed by atoms with Crippen LogP contribution in [0.15, 0.2) is 16.6 Å². The molecule has 1 aromatic rings. The van der Waals surface area contributed by atoms with E-state index >= 15 is 0 Å². The molecule has 0 heterocycles. The van der Waals surface area contributed by atoms with Gasteiger partial charge in [0.1, 0.15) is 11.6 Å². The highest BCUT2D eigenvalue weighted by molar-refractivity contribution is 9.10. The third-order valence-corrected chi connectivity index (χ3v) is 3.72. The second-order valence-corrected chi connectivity index (χ2v) is 4.65. The van der Waals surface area contributed by atoms with Gasteiger partial charge in [-0.05, 0) is 40.4 Å². The predicted molar refractivity (Wildman–Crippen MR) is 59.2 cm³/mol. The number of hydrogen-bond acceptors (Lipinski definition) is 2. The molecule has 2 rings (SSSR count). The van der Waals surface area contributed by atoms with Gasteiger partial charge in [0.15, 0.2) is 0 Å². The smallest absolute Gasteiger partial charge is 0.314 e. The number of methoxy groups -OCH3 is 1. The third-order valence-electron chi connectivity index (χ3n) is 2.90. The topological polar surface area (TPSA) is 46.5 Å². The summed E-state index contributed by atoms with van der Waals surface area (Å²) in [5.74, 6) is -1.08. The van der Waals surface area contributed by atoms with E-state index < -0.39 is 17.2 Å². The molecule has 86 valence electrons. The highest BCUT2D eigenvalue weighted by Crippen LogP contribution is 2.52. The quantitative estimate of drug-likeness (QED) is 0.930. The van der Waals surface area contributed by atoms with Gasteiger partial charge in [-0.2, -0.15) is 0 Å². The first-order valence-electron chi connectivity index (χ1n) is 4.78. The van der Waals surface area contributed by atoms with Crippen LogP contribution < -0.4 is 4.74 Å². The van der Waals surface area contributed by atoms with Crippen LogP contribution in [0.5, 0.6) is 5.75 Å². The van der Waals surface area contributed by atoms with Crippen LogP contribution in [0.3, 0.4) is 0 Å². The average Bonchev–Trinajstić information content (AvgIpc) is 3.02. The molecule has 0 spiro atoms. The van der Waals surface area contributed by atoms with E-state index in [1.165, 1.54) is 19.2 Å². The number of ether oxygens (including phenoxy) is 1. The Labute approximate surface area is 100 Å². The van der Waals surface area contributed by atoms with Crippen molar-refractivity contribution in [1.82, 2.24) is 0 Å². The molecule has 0 aliphatic heterocycles. The van der Waals surface area contributed by atoms with Crippen LogP contribution >= 0.6 is 15.9 Å². The summed E-state index contributed by atoms with van der Waals surface area (Å²) in [4.78, 5) is 11.2. The number of hydrogen-bond donors (Lipinski definition) is 1. The lowest BCUT2D eigenvalue weighted by molar-refractivity contribution is -0.140. The maximum absolute atomic E-state index is 13.3. The first kappa shape index (κ1) is 11.4. The summed E-state index contributed by atoms with van der Waals surface area (Å²) >= 11 is 3.26. The van der Waals surface area contributed by atoms with Crippen molar-refractivity contribution in [2.24, 2.45) is 0 Å².